The standard InChI is InChI=1S/C25H18ClNO2/c1-14-7-6-8-15(13-14)27-23(28)21-20-16-9-2-4-11-18(16)25(26,22(21)24(27)29)19-12-5-3-10-17(19)20/h2-13,20-22H,1H3/t20?,21-,22+,25?/m1/s1. The number of imide groups is 1. The molecule has 3 nitrogen and oxygen atoms in total. The van der Waals surface area contributed by atoms with Gasteiger partial charge in [0.2, 0.25) is 11.8 Å². The molecule has 3 aliphatic carbocycles. The van der Waals surface area contributed by atoms with Gasteiger partial charge in [-0.25, -0.2) is 4.90 Å². The molecule has 0 spiro atoms. The third-order valence-electron chi connectivity index (χ3n) is 6.77. The second kappa shape index (κ2) is 5.58. The molecule has 4 heteroatoms. The Morgan fingerprint density at radius 1 is 0.828 bits per heavy atom. The first-order valence-electron chi connectivity index (χ1n) is 9.85. The van der Waals surface area contributed by atoms with Crippen molar-refractivity contribution in [1.82, 2.24) is 0 Å². The molecule has 0 aromatic heterocycles. The first-order chi connectivity index (χ1) is 14.0. The van der Waals surface area contributed by atoms with Crippen molar-refractivity contribution >= 4 is 29.1 Å². The summed E-state index contributed by atoms with van der Waals surface area (Å²) in [5, 5.41) is 0. The lowest BCUT2D eigenvalue weighted by Crippen LogP contribution is -2.50. The Kier molecular flexibility index (Phi) is 3.27. The summed E-state index contributed by atoms with van der Waals surface area (Å²) in [6.07, 6.45) is 0. The van der Waals surface area contributed by atoms with Gasteiger partial charge in [0.05, 0.1) is 17.5 Å². The Hall–Kier alpha value is -2.91. The number of halogens is 1. The average Bonchev–Trinajstić information content (AvgIpc) is 3.00. The fourth-order valence-corrected chi connectivity index (χ4v) is 6.27. The van der Waals surface area contributed by atoms with Crippen LogP contribution in [0.5, 0.6) is 0 Å². The number of carbonyl (C=O) groups excluding carboxylic acids is 2. The maximum atomic E-state index is 13.7. The minimum atomic E-state index is -1.03. The molecule has 142 valence electrons. The van der Waals surface area contributed by atoms with E-state index >= 15 is 0 Å². The number of carbonyl (C=O) groups is 2. The van der Waals surface area contributed by atoms with Gasteiger partial charge in [-0.05, 0) is 46.9 Å². The van der Waals surface area contributed by atoms with Gasteiger partial charge < -0.3 is 0 Å². The molecule has 0 unspecified atom stereocenters. The van der Waals surface area contributed by atoms with E-state index in [0.29, 0.717) is 5.69 Å². The van der Waals surface area contributed by atoms with Crippen molar-refractivity contribution in [3.8, 4) is 0 Å². The van der Waals surface area contributed by atoms with E-state index in [9.17, 15) is 9.59 Å². The maximum absolute atomic E-state index is 13.7. The summed E-state index contributed by atoms with van der Waals surface area (Å²) in [5.41, 5.74) is 5.68. The molecule has 0 saturated carbocycles. The Morgan fingerprint density at radius 3 is 2.07 bits per heavy atom. The van der Waals surface area contributed by atoms with Crippen LogP contribution < -0.4 is 4.90 Å². The van der Waals surface area contributed by atoms with E-state index in [1.807, 2.05) is 67.6 Å². The number of benzene rings is 3. The second-order valence-electron chi connectivity index (χ2n) is 8.22. The molecule has 4 aliphatic rings. The highest BCUT2D eigenvalue weighted by Crippen LogP contribution is 2.65. The summed E-state index contributed by atoms with van der Waals surface area (Å²) < 4.78 is 0. The van der Waals surface area contributed by atoms with Crippen molar-refractivity contribution in [3.63, 3.8) is 0 Å². The molecule has 3 aromatic carbocycles. The third-order valence-corrected chi connectivity index (χ3v) is 7.42. The predicted octanol–water partition coefficient (Wildman–Crippen LogP) is 4.74. The van der Waals surface area contributed by atoms with Crippen LogP contribution in [0.25, 0.3) is 0 Å². The molecule has 29 heavy (non-hydrogen) atoms. The highest BCUT2D eigenvalue weighted by molar-refractivity contribution is 6.33. The number of hydrogen-bond acceptors (Lipinski definition) is 2. The molecule has 1 fully saturated rings. The van der Waals surface area contributed by atoms with Gasteiger partial charge in [-0.1, -0.05) is 60.7 Å². The SMILES string of the molecule is Cc1cccc(N2C(=O)[C@@H]3C4c5ccccc5C(Cl)(c5ccccc54)[C@@H]3C2=O)c1. The molecule has 2 bridgehead atoms. The van der Waals surface area contributed by atoms with Crippen molar-refractivity contribution in [2.45, 2.75) is 17.7 Å². The molecule has 1 heterocycles. The van der Waals surface area contributed by atoms with Crippen molar-refractivity contribution in [2.75, 3.05) is 4.90 Å². The van der Waals surface area contributed by atoms with Crippen molar-refractivity contribution in [2.24, 2.45) is 11.8 Å². The van der Waals surface area contributed by atoms with Gasteiger partial charge >= 0.3 is 0 Å². The quantitative estimate of drug-likeness (QED) is 0.437. The minimum absolute atomic E-state index is 0.148. The Bertz CT molecular complexity index is 1170. The minimum Gasteiger partial charge on any atom is -0.274 e. The third kappa shape index (κ3) is 1.94. The van der Waals surface area contributed by atoms with Crippen LogP contribution in [-0.4, -0.2) is 11.8 Å². The Morgan fingerprint density at radius 2 is 1.45 bits per heavy atom. The van der Waals surface area contributed by atoms with Gasteiger partial charge in [-0.15, -0.1) is 11.6 Å². The average molecular weight is 400 g/mol. The summed E-state index contributed by atoms with van der Waals surface area (Å²) in [5.74, 6) is -1.59. The summed E-state index contributed by atoms with van der Waals surface area (Å²) in [4.78, 5) is 27.7. The zero-order valence-corrected chi connectivity index (χ0v) is 16.6. The van der Waals surface area contributed by atoms with E-state index in [1.165, 1.54) is 4.90 Å². The maximum Gasteiger partial charge on any atom is 0.240 e. The van der Waals surface area contributed by atoms with E-state index in [4.69, 9.17) is 11.6 Å². The smallest absolute Gasteiger partial charge is 0.240 e. The number of nitrogens with zero attached hydrogens (tertiary/aromatic N) is 1. The normalized spacial score (nSPS) is 28.9. The molecule has 0 N–H and O–H groups in total. The molecule has 7 rings (SSSR count). The van der Waals surface area contributed by atoms with Crippen LogP contribution in [0.2, 0.25) is 0 Å². The summed E-state index contributed by atoms with van der Waals surface area (Å²) in [6.45, 7) is 1.96. The lowest BCUT2D eigenvalue weighted by Gasteiger charge is -2.50. The summed E-state index contributed by atoms with van der Waals surface area (Å²) in [6, 6.07) is 23.5. The number of rotatable bonds is 1. The van der Waals surface area contributed by atoms with E-state index in [1.54, 1.807) is 0 Å². The van der Waals surface area contributed by atoms with Crippen LogP contribution in [0, 0.1) is 18.8 Å². The molecule has 3 aromatic rings. The first-order valence-corrected chi connectivity index (χ1v) is 10.2. The highest BCUT2D eigenvalue weighted by Gasteiger charge is 2.67. The van der Waals surface area contributed by atoms with E-state index < -0.39 is 16.7 Å². The van der Waals surface area contributed by atoms with Gasteiger partial charge in [-0.2, -0.15) is 0 Å². The summed E-state index contributed by atoms with van der Waals surface area (Å²) >= 11 is 7.40. The lowest BCUT2D eigenvalue weighted by molar-refractivity contribution is -0.122. The Balaban J connectivity index is 1.63. The number of aryl methyl sites for hydroxylation is 1. The van der Waals surface area contributed by atoms with Crippen LogP contribution in [0.1, 0.15) is 33.7 Å². The topological polar surface area (TPSA) is 37.4 Å². The van der Waals surface area contributed by atoms with Crippen molar-refractivity contribution in [3.05, 3.63) is 101 Å². The van der Waals surface area contributed by atoms with Gasteiger partial charge in [0.15, 0.2) is 0 Å². The van der Waals surface area contributed by atoms with Crippen LogP contribution in [0.3, 0.4) is 0 Å². The van der Waals surface area contributed by atoms with Crippen molar-refractivity contribution in [1.29, 1.82) is 0 Å². The van der Waals surface area contributed by atoms with Gasteiger partial charge in [0, 0.05) is 5.92 Å². The fraction of sp³-hybridized carbons (Fsp3) is 0.200. The van der Waals surface area contributed by atoms with Crippen LogP contribution in [0.15, 0.2) is 72.8 Å². The lowest BCUT2D eigenvalue weighted by atomic mass is 9.54. The number of alkyl halides is 1. The molecule has 1 saturated heterocycles. The van der Waals surface area contributed by atoms with Gasteiger partial charge in [-0.3, -0.25) is 9.59 Å². The predicted molar refractivity (Wildman–Crippen MR) is 112 cm³/mol. The van der Waals surface area contributed by atoms with Crippen LogP contribution in [-0.2, 0) is 14.5 Å². The van der Waals surface area contributed by atoms with E-state index in [0.717, 1.165) is 27.8 Å². The molecule has 1 aliphatic heterocycles. The zero-order valence-electron chi connectivity index (χ0n) is 15.8. The monoisotopic (exact) mass is 399 g/mol. The van der Waals surface area contributed by atoms with E-state index in [2.05, 4.69) is 12.1 Å². The second-order valence-corrected chi connectivity index (χ2v) is 8.81. The number of amides is 2. The molecule has 0 radical (unpaired) electrons. The van der Waals surface area contributed by atoms with Crippen molar-refractivity contribution < 1.29 is 9.59 Å². The van der Waals surface area contributed by atoms with Gasteiger partial charge in [0.25, 0.3) is 0 Å². The van der Waals surface area contributed by atoms with Crippen LogP contribution in [0.4, 0.5) is 5.69 Å². The van der Waals surface area contributed by atoms with E-state index in [-0.39, 0.29) is 17.7 Å². The number of hydrogen-bond donors (Lipinski definition) is 0. The first kappa shape index (κ1) is 17.0. The molecular formula is C25H18ClNO2. The number of anilines is 1. The molecule has 2 amide bonds. The molecular weight excluding hydrogens is 382 g/mol. The summed E-state index contributed by atoms with van der Waals surface area (Å²) in [7, 11) is 0. The fourth-order valence-electron chi connectivity index (χ4n) is 5.70. The zero-order chi connectivity index (χ0) is 19.9. The van der Waals surface area contributed by atoms with Crippen LogP contribution >= 0.6 is 11.6 Å². The van der Waals surface area contributed by atoms with Gasteiger partial charge in [0.1, 0.15) is 4.87 Å². The molecule has 2 atom stereocenters. The Labute approximate surface area is 173 Å². The largest absolute Gasteiger partial charge is 0.274 e. The highest BCUT2D eigenvalue weighted by atomic mass is 35.5.